The van der Waals surface area contributed by atoms with E-state index in [9.17, 15) is 14.4 Å². The number of carbonyl (C=O) groups excluding carboxylic acids is 2. The van der Waals surface area contributed by atoms with Gasteiger partial charge in [0.15, 0.2) is 0 Å². The second-order valence-electron chi connectivity index (χ2n) is 10.6. The molecular weight excluding hydrogens is 492 g/mol. The van der Waals surface area contributed by atoms with Gasteiger partial charge in [-0.05, 0) is 60.1 Å². The molecule has 3 aromatic rings. The summed E-state index contributed by atoms with van der Waals surface area (Å²) < 4.78 is 5.69. The molecule has 0 spiro atoms. The van der Waals surface area contributed by atoms with Crippen LogP contribution in [0.4, 0.5) is 4.79 Å². The van der Waals surface area contributed by atoms with Gasteiger partial charge in [-0.3, -0.25) is 9.69 Å². The van der Waals surface area contributed by atoms with Crippen molar-refractivity contribution in [1.29, 1.82) is 0 Å². The van der Waals surface area contributed by atoms with Crippen LogP contribution in [0.3, 0.4) is 0 Å². The van der Waals surface area contributed by atoms with Gasteiger partial charge >= 0.3 is 12.1 Å². The zero-order valence-corrected chi connectivity index (χ0v) is 22.1. The van der Waals surface area contributed by atoms with Gasteiger partial charge in [0.1, 0.15) is 6.10 Å². The Balaban J connectivity index is 1.26. The lowest BCUT2D eigenvalue weighted by Crippen LogP contribution is -2.33. The number of benzene rings is 3. The first-order valence-electron chi connectivity index (χ1n) is 13.6. The molecule has 7 nitrogen and oxygen atoms in total. The molecule has 39 heavy (non-hydrogen) atoms. The third kappa shape index (κ3) is 5.98. The lowest BCUT2D eigenvalue weighted by atomic mass is 9.83. The number of amides is 2. The number of nitrogens with one attached hydrogen (secondary N) is 1. The molecule has 3 aromatic carbocycles. The first-order chi connectivity index (χ1) is 18.9. The van der Waals surface area contributed by atoms with Gasteiger partial charge in [-0.1, -0.05) is 79.6 Å². The predicted octanol–water partition coefficient (Wildman–Crippen LogP) is 6.06. The average Bonchev–Trinajstić information content (AvgIpc) is 3.58. The lowest BCUT2D eigenvalue weighted by Gasteiger charge is -2.24. The highest BCUT2D eigenvalue weighted by Gasteiger charge is 2.39. The van der Waals surface area contributed by atoms with Gasteiger partial charge in [0.2, 0.25) is 5.91 Å². The van der Waals surface area contributed by atoms with E-state index in [4.69, 9.17) is 9.84 Å². The Morgan fingerprint density at radius 3 is 2.23 bits per heavy atom. The van der Waals surface area contributed by atoms with Crippen LogP contribution in [0.25, 0.3) is 0 Å². The Morgan fingerprint density at radius 1 is 0.949 bits per heavy atom. The molecule has 0 aromatic heterocycles. The fourth-order valence-corrected chi connectivity index (χ4v) is 5.82. The van der Waals surface area contributed by atoms with E-state index in [1.165, 1.54) is 0 Å². The summed E-state index contributed by atoms with van der Waals surface area (Å²) in [6.07, 6.45) is 3.67. The van der Waals surface area contributed by atoms with Crippen LogP contribution < -0.4 is 5.32 Å². The van der Waals surface area contributed by atoms with Crippen molar-refractivity contribution in [2.45, 2.75) is 63.8 Å². The molecule has 7 heteroatoms. The normalized spacial score (nSPS) is 20.0. The summed E-state index contributed by atoms with van der Waals surface area (Å²) in [6.45, 7) is 2.79. The largest absolute Gasteiger partial charge is 0.478 e. The van der Waals surface area contributed by atoms with Crippen LogP contribution in [0.15, 0.2) is 78.9 Å². The number of ether oxygens (including phenoxy) is 1. The van der Waals surface area contributed by atoms with Gasteiger partial charge in [-0.15, -0.1) is 0 Å². The maximum Gasteiger partial charge on any atom is 0.411 e. The van der Waals surface area contributed by atoms with E-state index in [2.05, 4.69) is 5.32 Å². The molecule has 2 aliphatic rings. The molecule has 1 saturated carbocycles. The molecule has 0 radical (unpaired) electrons. The average molecular weight is 527 g/mol. The van der Waals surface area contributed by atoms with Crippen LogP contribution in [-0.4, -0.2) is 34.0 Å². The van der Waals surface area contributed by atoms with Crippen LogP contribution in [0.1, 0.15) is 77.2 Å². The minimum atomic E-state index is -0.970. The zero-order chi connectivity index (χ0) is 27.4. The van der Waals surface area contributed by atoms with E-state index in [-0.39, 0.29) is 41.5 Å². The van der Waals surface area contributed by atoms with Crippen molar-refractivity contribution in [2.24, 2.45) is 5.92 Å². The van der Waals surface area contributed by atoms with Crippen LogP contribution in [0.5, 0.6) is 0 Å². The molecule has 1 saturated heterocycles. The van der Waals surface area contributed by atoms with Gasteiger partial charge in [-0.2, -0.15) is 0 Å². The number of carbonyl (C=O) groups is 3. The second kappa shape index (κ2) is 11.7. The standard InChI is InChI=1S/C32H34N2O5/c1-21-29(26-9-3-2-4-10-26)39-32(38)34(21)20-23-13-15-25(16-14-23)28(24-7-5-6-8-24)30(35)33-19-22-11-17-27(18-12-22)31(36)37/h2-4,9-18,21,24,28-29H,5-8,19-20H2,1H3,(H,33,35)(H,36,37)/t21-,28?,29-/m0/s1. The third-order valence-corrected chi connectivity index (χ3v) is 8.03. The van der Waals surface area contributed by atoms with Gasteiger partial charge in [0.25, 0.3) is 0 Å². The maximum atomic E-state index is 13.4. The molecule has 0 bridgehead atoms. The van der Waals surface area contributed by atoms with Crippen molar-refractivity contribution in [3.8, 4) is 0 Å². The zero-order valence-electron chi connectivity index (χ0n) is 22.1. The molecule has 1 heterocycles. The monoisotopic (exact) mass is 526 g/mol. The van der Waals surface area contributed by atoms with Crippen molar-refractivity contribution < 1.29 is 24.2 Å². The fourth-order valence-electron chi connectivity index (χ4n) is 5.82. The van der Waals surface area contributed by atoms with E-state index in [0.29, 0.717) is 13.1 Å². The molecule has 1 aliphatic carbocycles. The molecule has 1 aliphatic heterocycles. The number of rotatable bonds is 9. The van der Waals surface area contributed by atoms with E-state index in [1.54, 1.807) is 29.2 Å². The van der Waals surface area contributed by atoms with Gasteiger partial charge in [0, 0.05) is 13.1 Å². The maximum absolute atomic E-state index is 13.4. The highest BCUT2D eigenvalue weighted by molar-refractivity contribution is 5.87. The van der Waals surface area contributed by atoms with Crippen molar-refractivity contribution in [3.05, 3.63) is 107 Å². The number of nitrogens with zero attached hydrogens (tertiary/aromatic N) is 1. The van der Waals surface area contributed by atoms with E-state index < -0.39 is 5.97 Å². The number of cyclic esters (lactones) is 1. The highest BCUT2D eigenvalue weighted by atomic mass is 16.6. The summed E-state index contributed by atoms with van der Waals surface area (Å²) in [4.78, 5) is 39.0. The Hall–Kier alpha value is -4.13. The Labute approximate surface area is 228 Å². The number of hydrogen-bond acceptors (Lipinski definition) is 4. The summed E-state index contributed by atoms with van der Waals surface area (Å²) >= 11 is 0. The Morgan fingerprint density at radius 2 is 1.59 bits per heavy atom. The van der Waals surface area contributed by atoms with E-state index >= 15 is 0 Å². The molecule has 202 valence electrons. The number of carboxylic acid groups (broad SMARTS) is 1. The quantitative estimate of drug-likeness (QED) is 0.354. The van der Waals surface area contributed by atoms with Crippen molar-refractivity contribution in [2.75, 3.05) is 0 Å². The SMILES string of the molecule is C[C@H]1[C@@H](c2ccccc2)OC(=O)N1Cc1ccc(C(C(=O)NCc2ccc(C(=O)O)cc2)C2CCCC2)cc1. The number of carboxylic acids is 1. The van der Waals surface area contributed by atoms with Crippen LogP contribution in [-0.2, 0) is 22.6 Å². The molecule has 2 amide bonds. The van der Waals surface area contributed by atoms with E-state index in [0.717, 1.165) is 47.9 Å². The van der Waals surface area contributed by atoms with Gasteiger partial charge in [-0.25, -0.2) is 9.59 Å². The third-order valence-electron chi connectivity index (χ3n) is 8.03. The molecule has 3 atom stereocenters. The smallest absolute Gasteiger partial charge is 0.411 e. The summed E-state index contributed by atoms with van der Waals surface area (Å²) in [5.41, 5.74) is 4.03. The Kier molecular flexibility index (Phi) is 7.96. The van der Waals surface area contributed by atoms with Gasteiger partial charge < -0.3 is 15.2 Å². The minimum Gasteiger partial charge on any atom is -0.478 e. The number of hydrogen-bond donors (Lipinski definition) is 2. The molecule has 5 rings (SSSR count). The molecule has 2 N–H and O–H groups in total. The first kappa shape index (κ1) is 26.5. The first-order valence-corrected chi connectivity index (χ1v) is 13.6. The van der Waals surface area contributed by atoms with Crippen LogP contribution >= 0.6 is 0 Å². The summed E-state index contributed by atoms with van der Waals surface area (Å²) in [5.74, 6) is -0.953. The highest BCUT2D eigenvalue weighted by Crippen LogP contribution is 2.38. The second-order valence-corrected chi connectivity index (χ2v) is 10.6. The van der Waals surface area contributed by atoms with Crippen molar-refractivity contribution in [3.63, 3.8) is 0 Å². The molecular formula is C32H34N2O5. The topological polar surface area (TPSA) is 95.9 Å². The summed E-state index contributed by atoms with van der Waals surface area (Å²) in [5, 5.41) is 12.2. The predicted molar refractivity (Wildman–Crippen MR) is 147 cm³/mol. The Bertz CT molecular complexity index is 1300. The molecule has 2 fully saturated rings. The minimum absolute atomic E-state index is 0.0144. The van der Waals surface area contributed by atoms with Crippen molar-refractivity contribution in [1.82, 2.24) is 10.2 Å². The van der Waals surface area contributed by atoms with Crippen molar-refractivity contribution >= 4 is 18.0 Å². The van der Waals surface area contributed by atoms with E-state index in [1.807, 2.05) is 61.5 Å². The van der Waals surface area contributed by atoms with Crippen LogP contribution in [0.2, 0.25) is 0 Å². The molecule has 1 unspecified atom stereocenters. The summed E-state index contributed by atoms with van der Waals surface area (Å²) in [6, 6.07) is 24.3. The fraction of sp³-hybridized carbons (Fsp3) is 0.344. The van der Waals surface area contributed by atoms with Crippen LogP contribution in [0, 0.1) is 5.92 Å². The summed E-state index contributed by atoms with van der Waals surface area (Å²) in [7, 11) is 0. The van der Waals surface area contributed by atoms with Gasteiger partial charge in [0.05, 0.1) is 17.5 Å². The lowest BCUT2D eigenvalue weighted by molar-refractivity contribution is -0.123. The number of aromatic carboxylic acids is 1.